The van der Waals surface area contributed by atoms with Crippen LogP contribution in [0, 0.1) is 0 Å². The molecule has 5 atom stereocenters. The molecule has 0 radical (unpaired) electrons. The van der Waals surface area contributed by atoms with Gasteiger partial charge in [-0.25, -0.2) is 0 Å². The molecule has 0 spiro atoms. The molecule has 0 amide bonds. The summed E-state index contributed by atoms with van der Waals surface area (Å²) in [5.41, 5.74) is 2.07. The summed E-state index contributed by atoms with van der Waals surface area (Å²) in [6, 6.07) is 12.4. The van der Waals surface area contributed by atoms with Gasteiger partial charge in [-0.15, -0.1) is 13.2 Å². The molecule has 0 saturated carbocycles. The molecule has 2 aromatic carbocycles. The van der Waals surface area contributed by atoms with Gasteiger partial charge in [-0.1, -0.05) is 36.4 Å². The molecule has 158 valence electrons. The molecule has 9 heteroatoms. The predicted octanol–water partition coefficient (Wildman–Crippen LogP) is 1.69. The van der Waals surface area contributed by atoms with Crippen molar-refractivity contribution in [3.05, 3.63) is 65.2 Å². The van der Waals surface area contributed by atoms with Crippen LogP contribution in [0.3, 0.4) is 0 Å². The van der Waals surface area contributed by atoms with Crippen molar-refractivity contribution in [1.82, 2.24) is 0 Å². The van der Waals surface area contributed by atoms with Gasteiger partial charge in [0.1, 0.15) is 36.3 Å². The van der Waals surface area contributed by atoms with Crippen molar-refractivity contribution in [3.63, 3.8) is 0 Å². The van der Waals surface area contributed by atoms with Crippen molar-refractivity contribution in [2.45, 2.75) is 43.3 Å². The van der Waals surface area contributed by atoms with Gasteiger partial charge in [0.05, 0.1) is 6.61 Å². The van der Waals surface area contributed by atoms with Crippen molar-refractivity contribution in [1.29, 1.82) is 0 Å². The van der Waals surface area contributed by atoms with Gasteiger partial charge in [0, 0.05) is 0 Å². The summed E-state index contributed by atoms with van der Waals surface area (Å²) < 4.78 is 46.1. The number of hydrogen-bond acceptors (Lipinski definition) is 6. The van der Waals surface area contributed by atoms with Crippen molar-refractivity contribution >= 4 is 0 Å². The van der Waals surface area contributed by atoms with Crippen molar-refractivity contribution in [2.24, 2.45) is 0 Å². The molecule has 2 aromatic rings. The Hall–Kier alpha value is -2.17. The topological polar surface area (TPSA) is 99.4 Å². The van der Waals surface area contributed by atoms with Gasteiger partial charge in [-0.2, -0.15) is 0 Å². The van der Waals surface area contributed by atoms with E-state index >= 15 is 0 Å². The SMILES string of the molecule is OCC1OC(c2cccc(Cc3ccc(OC(F)(F)F)cc3)c2)C(O)C(O)C1O. The lowest BCUT2D eigenvalue weighted by atomic mass is 9.90. The first-order chi connectivity index (χ1) is 13.7. The Morgan fingerprint density at radius 2 is 1.59 bits per heavy atom. The fourth-order valence-corrected chi connectivity index (χ4v) is 3.30. The zero-order chi connectivity index (χ0) is 21.2. The van der Waals surface area contributed by atoms with Gasteiger partial charge >= 0.3 is 6.36 Å². The van der Waals surface area contributed by atoms with Crippen LogP contribution in [0.15, 0.2) is 48.5 Å². The predicted molar refractivity (Wildman–Crippen MR) is 95.1 cm³/mol. The van der Waals surface area contributed by atoms with E-state index < -0.39 is 43.5 Å². The third-order valence-electron chi connectivity index (χ3n) is 4.74. The number of hydrogen-bond donors (Lipinski definition) is 4. The zero-order valence-corrected chi connectivity index (χ0v) is 15.2. The molecule has 1 aliphatic rings. The maximum Gasteiger partial charge on any atom is 0.573 e. The Morgan fingerprint density at radius 3 is 2.21 bits per heavy atom. The van der Waals surface area contributed by atoms with E-state index in [1.54, 1.807) is 24.3 Å². The van der Waals surface area contributed by atoms with E-state index in [4.69, 9.17) is 4.74 Å². The van der Waals surface area contributed by atoms with Crippen LogP contribution in [0.25, 0.3) is 0 Å². The minimum absolute atomic E-state index is 0.309. The van der Waals surface area contributed by atoms with Crippen LogP contribution in [0.5, 0.6) is 5.75 Å². The molecule has 1 aliphatic heterocycles. The monoisotopic (exact) mass is 414 g/mol. The van der Waals surface area contributed by atoms with Crippen LogP contribution in [0.1, 0.15) is 22.8 Å². The lowest BCUT2D eigenvalue weighted by Gasteiger charge is -2.40. The number of aliphatic hydroxyl groups excluding tert-OH is 4. The second-order valence-corrected chi connectivity index (χ2v) is 6.86. The highest BCUT2D eigenvalue weighted by Gasteiger charge is 2.43. The van der Waals surface area contributed by atoms with Gasteiger partial charge in [0.25, 0.3) is 0 Å². The maximum atomic E-state index is 12.2. The minimum atomic E-state index is -4.75. The van der Waals surface area contributed by atoms with Gasteiger partial charge in [-0.3, -0.25) is 0 Å². The average Bonchev–Trinajstić information content (AvgIpc) is 2.67. The molecule has 1 fully saturated rings. The molecular formula is C20H21F3O6. The zero-order valence-electron chi connectivity index (χ0n) is 15.2. The molecule has 6 nitrogen and oxygen atoms in total. The van der Waals surface area contributed by atoms with Crippen LogP contribution < -0.4 is 4.74 Å². The second-order valence-electron chi connectivity index (χ2n) is 6.86. The first-order valence-electron chi connectivity index (χ1n) is 8.92. The summed E-state index contributed by atoms with van der Waals surface area (Å²) in [5.74, 6) is -0.309. The third-order valence-corrected chi connectivity index (χ3v) is 4.74. The summed E-state index contributed by atoms with van der Waals surface area (Å²) in [7, 11) is 0. The van der Waals surface area contributed by atoms with Crippen LogP contribution in [-0.2, 0) is 11.2 Å². The number of aliphatic hydroxyl groups is 4. The fourth-order valence-electron chi connectivity index (χ4n) is 3.30. The first kappa shape index (κ1) is 21.5. The van der Waals surface area contributed by atoms with E-state index in [9.17, 15) is 33.6 Å². The highest BCUT2D eigenvalue weighted by Crippen LogP contribution is 2.33. The van der Waals surface area contributed by atoms with Gasteiger partial charge in [0.2, 0.25) is 0 Å². The van der Waals surface area contributed by atoms with Crippen molar-refractivity contribution < 1.29 is 43.1 Å². The molecule has 0 aliphatic carbocycles. The molecule has 0 bridgehead atoms. The summed E-state index contributed by atoms with van der Waals surface area (Å²) in [5, 5.41) is 39.4. The Bertz CT molecular complexity index is 809. The maximum absolute atomic E-state index is 12.2. The van der Waals surface area contributed by atoms with E-state index in [1.165, 1.54) is 24.3 Å². The number of halogens is 3. The number of ether oxygens (including phenoxy) is 2. The second kappa shape index (κ2) is 8.68. The Balaban J connectivity index is 1.74. The van der Waals surface area contributed by atoms with E-state index in [-0.39, 0.29) is 5.75 Å². The smallest absolute Gasteiger partial charge is 0.406 e. The molecule has 1 saturated heterocycles. The third kappa shape index (κ3) is 5.26. The van der Waals surface area contributed by atoms with Crippen LogP contribution in [0.2, 0.25) is 0 Å². The van der Waals surface area contributed by atoms with E-state index in [0.717, 1.165) is 11.1 Å². The minimum Gasteiger partial charge on any atom is -0.406 e. The lowest BCUT2D eigenvalue weighted by molar-refractivity contribution is -0.274. The highest BCUT2D eigenvalue weighted by molar-refractivity contribution is 5.34. The van der Waals surface area contributed by atoms with Crippen molar-refractivity contribution in [2.75, 3.05) is 6.61 Å². The average molecular weight is 414 g/mol. The number of benzene rings is 2. The largest absolute Gasteiger partial charge is 0.573 e. The van der Waals surface area contributed by atoms with Crippen LogP contribution >= 0.6 is 0 Å². The quantitative estimate of drug-likeness (QED) is 0.595. The molecular weight excluding hydrogens is 393 g/mol. The van der Waals surface area contributed by atoms with E-state index in [2.05, 4.69) is 4.74 Å². The first-order valence-corrected chi connectivity index (χ1v) is 8.92. The van der Waals surface area contributed by atoms with Gasteiger partial charge < -0.3 is 29.9 Å². The molecule has 1 heterocycles. The highest BCUT2D eigenvalue weighted by atomic mass is 19.4. The summed E-state index contributed by atoms with van der Waals surface area (Å²) in [6.45, 7) is -0.520. The summed E-state index contributed by atoms with van der Waals surface area (Å²) >= 11 is 0. The van der Waals surface area contributed by atoms with Gasteiger partial charge in [-0.05, 0) is 35.2 Å². The molecule has 29 heavy (non-hydrogen) atoms. The molecule has 4 N–H and O–H groups in total. The van der Waals surface area contributed by atoms with Crippen molar-refractivity contribution in [3.8, 4) is 5.75 Å². The lowest BCUT2D eigenvalue weighted by Crippen LogP contribution is -2.55. The normalized spacial score (nSPS) is 27.6. The summed E-state index contributed by atoms with van der Waals surface area (Å²) in [4.78, 5) is 0. The van der Waals surface area contributed by atoms with E-state index in [1.807, 2.05) is 0 Å². The standard InChI is InChI=1S/C20H21F3O6/c21-20(22,23)29-14-6-4-11(5-7-14)8-12-2-1-3-13(9-12)19-18(27)17(26)16(25)15(10-24)28-19/h1-7,9,15-19,24-27H,8,10H2. The van der Waals surface area contributed by atoms with Gasteiger partial charge in [0.15, 0.2) is 0 Å². The Kier molecular flexibility index (Phi) is 6.45. The Morgan fingerprint density at radius 1 is 0.897 bits per heavy atom. The van der Waals surface area contributed by atoms with Crippen LogP contribution in [0.4, 0.5) is 13.2 Å². The van der Waals surface area contributed by atoms with E-state index in [0.29, 0.717) is 12.0 Å². The summed E-state index contributed by atoms with van der Waals surface area (Å²) in [6.07, 6.45) is -10.6. The fraction of sp³-hybridized carbons (Fsp3) is 0.400. The molecule has 0 aromatic heterocycles. The van der Waals surface area contributed by atoms with Crippen LogP contribution in [-0.4, -0.2) is 57.8 Å². The molecule has 3 rings (SSSR count). The Labute approximate surface area is 164 Å². The number of rotatable bonds is 5. The number of alkyl halides is 3. The molecule has 5 unspecified atom stereocenters.